The predicted molar refractivity (Wildman–Crippen MR) is 177 cm³/mol. The van der Waals surface area contributed by atoms with Crippen LogP contribution in [0.1, 0.15) is 0 Å². The van der Waals surface area contributed by atoms with Crippen LogP contribution in [0, 0.1) is 0 Å². The Morgan fingerprint density at radius 2 is 1.05 bits per heavy atom. The highest BCUT2D eigenvalue weighted by molar-refractivity contribution is 6.30. The molecule has 0 aliphatic heterocycles. The zero-order chi connectivity index (χ0) is 27.4. The van der Waals surface area contributed by atoms with Crippen molar-refractivity contribution in [3.05, 3.63) is 140 Å². The van der Waals surface area contributed by atoms with Crippen LogP contribution in [-0.4, -0.2) is 14.0 Å². The third-order valence-electron chi connectivity index (χ3n) is 9.04. The lowest BCUT2D eigenvalue weighted by Crippen LogP contribution is -1.95. The van der Waals surface area contributed by atoms with Gasteiger partial charge in [0, 0.05) is 32.6 Å². The normalized spacial score (nSPS) is 12.3. The molecule has 3 aromatic heterocycles. The number of imidazole rings is 1. The Kier molecular flexibility index (Phi) is 4.18. The number of fused-ring (bicyclic) bond motifs is 15. The van der Waals surface area contributed by atoms with Crippen LogP contribution < -0.4 is 0 Å². The molecule has 10 rings (SSSR count). The van der Waals surface area contributed by atoms with Crippen LogP contribution in [0.2, 0.25) is 0 Å². The lowest BCUT2D eigenvalue weighted by atomic mass is 10.00. The van der Waals surface area contributed by atoms with Gasteiger partial charge in [-0.25, -0.2) is 4.98 Å². The lowest BCUT2D eigenvalue weighted by Gasteiger charge is -2.12. The van der Waals surface area contributed by atoms with Crippen molar-refractivity contribution in [2.45, 2.75) is 0 Å². The summed E-state index contributed by atoms with van der Waals surface area (Å²) in [5.41, 5.74) is 7.90. The molecule has 0 aliphatic rings. The van der Waals surface area contributed by atoms with Gasteiger partial charge in [-0.05, 0) is 70.1 Å². The first-order valence-electron chi connectivity index (χ1n) is 14.4. The van der Waals surface area contributed by atoms with Crippen LogP contribution in [-0.2, 0) is 0 Å². The Morgan fingerprint density at radius 3 is 1.93 bits per heavy atom. The van der Waals surface area contributed by atoms with E-state index in [1.54, 1.807) is 0 Å². The van der Waals surface area contributed by atoms with Gasteiger partial charge in [-0.3, -0.25) is 4.40 Å². The Bertz CT molecular complexity index is 2740. The number of hydrogen-bond donors (Lipinski definition) is 0. The molecule has 3 heterocycles. The highest BCUT2D eigenvalue weighted by atomic mass is 15.0. The van der Waals surface area contributed by atoms with Crippen LogP contribution in [0.3, 0.4) is 0 Å². The topological polar surface area (TPSA) is 22.2 Å². The Hall–Kier alpha value is -5.67. The number of para-hydroxylation sites is 4. The Labute approximate surface area is 240 Å². The molecular formula is C39H23N3. The van der Waals surface area contributed by atoms with E-state index in [4.69, 9.17) is 4.98 Å². The molecule has 0 N–H and O–H groups in total. The first-order valence-corrected chi connectivity index (χ1v) is 14.4. The highest BCUT2D eigenvalue weighted by Crippen LogP contribution is 2.42. The van der Waals surface area contributed by atoms with E-state index in [-0.39, 0.29) is 0 Å². The smallest absolute Gasteiger partial charge is 0.146 e. The fraction of sp³-hybridized carbons (Fsp3) is 0. The third kappa shape index (κ3) is 2.77. The summed E-state index contributed by atoms with van der Waals surface area (Å²) in [5.74, 6) is 0. The summed E-state index contributed by atoms with van der Waals surface area (Å²) in [6, 6.07) is 50.6. The molecule has 0 fully saturated rings. The van der Waals surface area contributed by atoms with E-state index < -0.39 is 0 Å². The number of rotatable bonds is 1. The summed E-state index contributed by atoms with van der Waals surface area (Å²) in [7, 11) is 0. The van der Waals surface area contributed by atoms with E-state index in [1.807, 2.05) is 0 Å². The lowest BCUT2D eigenvalue weighted by molar-refractivity contribution is 1.19. The minimum absolute atomic E-state index is 1.00. The molecule has 0 bridgehead atoms. The summed E-state index contributed by atoms with van der Waals surface area (Å²) < 4.78 is 4.76. The number of benzene rings is 7. The van der Waals surface area contributed by atoms with E-state index in [1.165, 1.54) is 70.7 Å². The van der Waals surface area contributed by atoms with Gasteiger partial charge < -0.3 is 4.57 Å². The number of hydrogen-bond acceptors (Lipinski definition) is 1. The summed E-state index contributed by atoms with van der Waals surface area (Å²) in [6.07, 6.45) is 0. The Morgan fingerprint density at radius 1 is 0.405 bits per heavy atom. The number of pyridine rings is 1. The molecule has 0 spiro atoms. The minimum atomic E-state index is 1.00. The van der Waals surface area contributed by atoms with E-state index in [0.29, 0.717) is 0 Å². The third-order valence-corrected chi connectivity index (χ3v) is 9.04. The van der Waals surface area contributed by atoms with Crippen molar-refractivity contribution in [1.29, 1.82) is 0 Å². The fourth-order valence-corrected chi connectivity index (χ4v) is 7.27. The highest BCUT2D eigenvalue weighted by Gasteiger charge is 2.20. The SMILES string of the molecule is c1ccc2c(c1)ccc1cc(-n3c4ccccc4c4c5c6ccccc6n6c7ccccc7nc6c5ccc43)ccc12. The summed E-state index contributed by atoms with van der Waals surface area (Å²) in [5, 5.41) is 11.3. The van der Waals surface area contributed by atoms with Gasteiger partial charge in [-0.15, -0.1) is 0 Å². The molecule has 3 heteroatoms. The van der Waals surface area contributed by atoms with Crippen LogP contribution in [0.5, 0.6) is 0 Å². The van der Waals surface area contributed by atoms with Gasteiger partial charge in [-0.2, -0.15) is 0 Å². The molecule has 0 saturated carbocycles. The molecule has 0 aliphatic carbocycles. The van der Waals surface area contributed by atoms with E-state index in [0.717, 1.165) is 16.7 Å². The second-order valence-corrected chi connectivity index (χ2v) is 11.2. The molecule has 3 nitrogen and oxygen atoms in total. The van der Waals surface area contributed by atoms with Gasteiger partial charge in [0.25, 0.3) is 0 Å². The van der Waals surface area contributed by atoms with Crippen molar-refractivity contribution in [2.24, 2.45) is 0 Å². The van der Waals surface area contributed by atoms with Crippen molar-refractivity contribution in [3.63, 3.8) is 0 Å². The maximum atomic E-state index is 5.16. The van der Waals surface area contributed by atoms with Gasteiger partial charge in [0.05, 0.1) is 27.6 Å². The fourth-order valence-electron chi connectivity index (χ4n) is 7.27. The molecular weight excluding hydrogens is 510 g/mol. The van der Waals surface area contributed by atoms with E-state index >= 15 is 0 Å². The monoisotopic (exact) mass is 533 g/mol. The van der Waals surface area contributed by atoms with Crippen LogP contribution in [0.15, 0.2) is 140 Å². The van der Waals surface area contributed by atoms with Crippen molar-refractivity contribution in [2.75, 3.05) is 0 Å². The molecule has 0 saturated heterocycles. The van der Waals surface area contributed by atoms with Crippen molar-refractivity contribution in [3.8, 4) is 5.69 Å². The minimum Gasteiger partial charge on any atom is -0.309 e. The maximum absolute atomic E-state index is 5.16. The first kappa shape index (κ1) is 22.1. The molecule has 42 heavy (non-hydrogen) atoms. The van der Waals surface area contributed by atoms with Crippen LogP contribution in [0.25, 0.3) is 87.4 Å². The van der Waals surface area contributed by atoms with Crippen LogP contribution in [0.4, 0.5) is 0 Å². The second-order valence-electron chi connectivity index (χ2n) is 11.2. The Balaban J connectivity index is 1.38. The standard InChI is InChI=1S/C39H23N3/c1-2-10-27-24(9-1)17-18-25-23-26(19-20-28(25)27)41-33-14-6-4-12-30(33)38-36(41)22-21-31-37(38)29-11-3-7-15-34(29)42-35-16-8-5-13-32(35)40-39(31)42/h1-23H. The van der Waals surface area contributed by atoms with Gasteiger partial charge >= 0.3 is 0 Å². The zero-order valence-corrected chi connectivity index (χ0v) is 22.6. The van der Waals surface area contributed by atoms with Gasteiger partial charge in [0.2, 0.25) is 0 Å². The van der Waals surface area contributed by atoms with Gasteiger partial charge in [-0.1, -0.05) is 91.0 Å². The molecule has 194 valence electrons. The van der Waals surface area contributed by atoms with Crippen molar-refractivity contribution < 1.29 is 0 Å². The summed E-state index contributed by atoms with van der Waals surface area (Å²) in [4.78, 5) is 5.16. The largest absolute Gasteiger partial charge is 0.309 e. The van der Waals surface area contributed by atoms with E-state index in [9.17, 15) is 0 Å². The zero-order valence-electron chi connectivity index (χ0n) is 22.6. The second kappa shape index (κ2) is 7.96. The maximum Gasteiger partial charge on any atom is 0.146 e. The van der Waals surface area contributed by atoms with Gasteiger partial charge in [0.1, 0.15) is 5.65 Å². The van der Waals surface area contributed by atoms with Gasteiger partial charge in [0.15, 0.2) is 0 Å². The number of nitrogens with zero attached hydrogens (tertiary/aromatic N) is 3. The first-order chi connectivity index (χ1) is 20.8. The molecule has 0 unspecified atom stereocenters. The average molecular weight is 534 g/mol. The van der Waals surface area contributed by atoms with Crippen molar-refractivity contribution in [1.82, 2.24) is 14.0 Å². The quantitative estimate of drug-likeness (QED) is 0.192. The molecule has 0 atom stereocenters. The average Bonchev–Trinajstić information content (AvgIpc) is 3.61. The molecule has 0 amide bonds. The molecule has 0 radical (unpaired) electrons. The predicted octanol–water partition coefficient (Wildman–Crippen LogP) is 10.2. The van der Waals surface area contributed by atoms with Crippen LogP contribution >= 0.6 is 0 Å². The van der Waals surface area contributed by atoms with E-state index in [2.05, 4.69) is 148 Å². The number of aromatic nitrogens is 3. The van der Waals surface area contributed by atoms with Crippen molar-refractivity contribution >= 4 is 81.7 Å². The molecule has 10 aromatic rings. The summed E-state index contributed by atoms with van der Waals surface area (Å²) in [6.45, 7) is 0. The molecule has 7 aromatic carbocycles. The summed E-state index contributed by atoms with van der Waals surface area (Å²) >= 11 is 0.